The molecule has 2 aliphatic rings. The molecular weight excluding hydrogens is 222 g/mol. The van der Waals surface area contributed by atoms with Gasteiger partial charge in [-0.25, -0.2) is 0 Å². The molecule has 2 fully saturated rings. The van der Waals surface area contributed by atoms with Crippen LogP contribution in [0.25, 0.3) is 0 Å². The van der Waals surface area contributed by atoms with Crippen LogP contribution in [0.5, 0.6) is 0 Å². The van der Waals surface area contributed by atoms with Crippen LogP contribution in [0, 0.1) is 0 Å². The lowest BCUT2D eigenvalue weighted by atomic mass is 9.95. The number of nitrogens with one attached hydrogen (secondary N) is 1. The molecule has 0 aliphatic heterocycles. The maximum Gasteiger partial charge on any atom is 0.0762 e. The van der Waals surface area contributed by atoms with Crippen LogP contribution in [-0.4, -0.2) is 15.8 Å². The van der Waals surface area contributed by atoms with Crippen LogP contribution in [0.15, 0.2) is 12.3 Å². The van der Waals surface area contributed by atoms with E-state index < -0.39 is 0 Å². The van der Waals surface area contributed by atoms with E-state index >= 15 is 0 Å². The molecule has 100 valence electrons. The summed E-state index contributed by atoms with van der Waals surface area (Å²) in [5, 5.41) is 8.40. The Labute approximate surface area is 110 Å². The molecular formula is C15H25N3. The van der Waals surface area contributed by atoms with Crippen LogP contribution in [0.3, 0.4) is 0 Å². The second-order valence-corrected chi connectivity index (χ2v) is 5.94. The lowest BCUT2D eigenvalue weighted by molar-refractivity contribution is 0.369. The van der Waals surface area contributed by atoms with Crippen molar-refractivity contribution in [3.8, 4) is 0 Å². The number of hydrogen-bond acceptors (Lipinski definition) is 2. The van der Waals surface area contributed by atoms with E-state index in [0.717, 1.165) is 12.6 Å². The van der Waals surface area contributed by atoms with Crippen molar-refractivity contribution in [3.63, 3.8) is 0 Å². The minimum absolute atomic E-state index is 0.674. The molecule has 1 aromatic heterocycles. The van der Waals surface area contributed by atoms with Gasteiger partial charge in [-0.05, 0) is 31.7 Å². The molecule has 0 spiro atoms. The van der Waals surface area contributed by atoms with E-state index in [0.29, 0.717) is 6.04 Å². The van der Waals surface area contributed by atoms with Gasteiger partial charge < -0.3 is 5.32 Å². The minimum atomic E-state index is 0.674. The molecule has 1 aromatic rings. The lowest BCUT2D eigenvalue weighted by Gasteiger charge is -2.22. The van der Waals surface area contributed by atoms with E-state index in [-0.39, 0.29) is 0 Å². The van der Waals surface area contributed by atoms with Gasteiger partial charge in [-0.15, -0.1) is 0 Å². The van der Waals surface area contributed by atoms with Crippen LogP contribution < -0.4 is 5.32 Å². The van der Waals surface area contributed by atoms with Gasteiger partial charge in [0.25, 0.3) is 0 Å². The predicted octanol–water partition coefficient (Wildman–Crippen LogP) is 3.42. The van der Waals surface area contributed by atoms with Crippen molar-refractivity contribution in [1.82, 2.24) is 15.1 Å². The van der Waals surface area contributed by atoms with E-state index in [2.05, 4.69) is 22.3 Å². The first kappa shape index (κ1) is 12.2. The highest BCUT2D eigenvalue weighted by Gasteiger charge is 2.18. The monoisotopic (exact) mass is 247 g/mol. The second-order valence-electron chi connectivity index (χ2n) is 5.94. The van der Waals surface area contributed by atoms with Crippen molar-refractivity contribution in [3.05, 3.63) is 18.0 Å². The lowest BCUT2D eigenvalue weighted by Crippen LogP contribution is -2.30. The summed E-state index contributed by atoms with van der Waals surface area (Å²) >= 11 is 0. The quantitative estimate of drug-likeness (QED) is 0.883. The predicted molar refractivity (Wildman–Crippen MR) is 73.4 cm³/mol. The minimum Gasteiger partial charge on any atom is -0.308 e. The van der Waals surface area contributed by atoms with E-state index in [1.165, 1.54) is 63.5 Å². The maximum absolute atomic E-state index is 4.73. The number of aromatic nitrogens is 2. The Balaban J connectivity index is 1.50. The largest absolute Gasteiger partial charge is 0.308 e. The zero-order valence-electron chi connectivity index (χ0n) is 11.3. The third kappa shape index (κ3) is 2.94. The second kappa shape index (κ2) is 5.87. The summed E-state index contributed by atoms with van der Waals surface area (Å²) in [5.74, 6) is 0. The van der Waals surface area contributed by atoms with Gasteiger partial charge in [0.1, 0.15) is 0 Å². The van der Waals surface area contributed by atoms with E-state index in [1.807, 2.05) is 0 Å². The third-order valence-corrected chi connectivity index (χ3v) is 4.54. The summed E-state index contributed by atoms with van der Waals surface area (Å²) in [5.41, 5.74) is 1.22. The zero-order valence-corrected chi connectivity index (χ0v) is 11.3. The molecule has 2 aliphatic carbocycles. The molecule has 3 heteroatoms. The average molecular weight is 247 g/mol. The number of rotatable bonds is 4. The van der Waals surface area contributed by atoms with Gasteiger partial charge in [-0.1, -0.05) is 32.1 Å². The van der Waals surface area contributed by atoms with Gasteiger partial charge in [0, 0.05) is 18.8 Å². The topological polar surface area (TPSA) is 29.9 Å². The molecule has 0 saturated heterocycles. The molecule has 0 atom stereocenters. The highest BCUT2D eigenvalue weighted by molar-refractivity contribution is 5.00. The van der Waals surface area contributed by atoms with Gasteiger partial charge in [0.2, 0.25) is 0 Å². The molecule has 0 bridgehead atoms. The molecule has 0 amide bonds. The van der Waals surface area contributed by atoms with Crippen LogP contribution >= 0.6 is 0 Å². The van der Waals surface area contributed by atoms with Gasteiger partial charge in [-0.3, -0.25) is 4.68 Å². The average Bonchev–Trinajstić information content (AvgIpc) is 3.08. The van der Waals surface area contributed by atoms with Crippen molar-refractivity contribution in [1.29, 1.82) is 0 Å². The molecule has 18 heavy (non-hydrogen) atoms. The summed E-state index contributed by atoms with van der Waals surface area (Å²) in [6.07, 6.45) is 14.5. The number of hydrogen-bond donors (Lipinski definition) is 1. The summed E-state index contributed by atoms with van der Waals surface area (Å²) < 4.78 is 2.20. The van der Waals surface area contributed by atoms with Gasteiger partial charge in [0.05, 0.1) is 11.7 Å². The highest BCUT2D eigenvalue weighted by atomic mass is 15.3. The Morgan fingerprint density at radius 3 is 2.56 bits per heavy atom. The van der Waals surface area contributed by atoms with E-state index in [1.54, 1.807) is 0 Å². The van der Waals surface area contributed by atoms with Gasteiger partial charge in [0.15, 0.2) is 0 Å². The fourth-order valence-corrected chi connectivity index (χ4v) is 3.40. The molecule has 1 heterocycles. The molecule has 2 saturated carbocycles. The van der Waals surface area contributed by atoms with Crippen molar-refractivity contribution >= 4 is 0 Å². The summed E-state index contributed by atoms with van der Waals surface area (Å²) in [6, 6.07) is 3.59. The van der Waals surface area contributed by atoms with Crippen molar-refractivity contribution < 1.29 is 0 Å². The fraction of sp³-hybridized carbons (Fsp3) is 0.800. The molecule has 3 nitrogen and oxygen atoms in total. The molecule has 1 N–H and O–H groups in total. The summed E-state index contributed by atoms with van der Waals surface area (Å²) in [7, 11) is 0. The highest BCUT2D eigenvalue weighted by Crippen LogP contribution is 2.28. The summed E-state index contributed by atoms with van der Waals surface area (Å²) in [4.78, 5) is 0. The van der Waals surface area contributed by atoms with Gasteiger partial charge in [-0.2, -0.15) is 5.10 Å². The Bertz CT molecular complexity index is 360. The van der Waals surface area contributed by atoms with Gasteiger partial charge >= 0.3 is 0 Å². The Kier molecular flexibility index (Phi) is 3.99. The van der Waals surface area contributed by atoms with Crippen molar-refractivity contribution in [2.45, 2.75) is 76.4 Å². The first-order valence-corrected chi connectivity index (χ1v) is 7.69. The van der Waals surface area contributed by atoms with Crippen LogP contribution in [0.4, 0.5) is 0 Å². The molecule has 3 rings (SSSR count). The van der Waals surface area contributed by atoms with Crippen molar-refractivity contribution in [2.75, 3.05) is 0 Å². The Morgan fingerprint density at radius 1 is 1.06 bits per heavy atom. The smallest absolute Gasteiger partial charge is 0.0762 e. The molecule has 0 aromatic carbocycles. The Morgan fingerprint density at radius 2 is 1.78 bits per heavy atom. The van der Waals surface area contributed by atoms with Crippen molar-refractivity contribution in [2.24, 2.45) is 0 Å². The zero-order chi connectivity index (χ0) is 12.2. The van der Waals surface area contributed by atoms with Crippen LogP contribution in [0.2, 0.25) is 0 Å². The fourth-order valence-electron chi connectivity index (χ4n) is 3.40. The first-order valence-electron chi connectivity index (χ1n) is 7.69. The molecule has 0 radical (unpaired) electrons. The normalized spacial score (nSPS) is 22.7. The standard InChI is InChI=1S/C15H25N3/c1-2-6-13(7-3-1)16-12-14-10-11-18(17-14)15-8-4-5-9-15/h10-11,13,15-16H,1-9,12H2. The van der Waals surface area contributed by atoms with E-state index in [9.17, 15) is 0 Å². The van der Waals surface area contributed by atoms with Crippen LogP contribution in [-0.2, 0) is 6.54 Å². The first-order chi connectivity index (χ1) is 8.92. The van der Waals surface area contributed by atoms with E-state index in [4.69, 9.17) is 5.10 Å². The summed E-state index contributed by atoms with van der Waals surface area (Å²) in [6.45, 7) is 0.949. The molecule has 0 unspecified atom stereocenters. The van der Waals surface area contributed by atoms with Crippen LogP contribution in [0.1, 0.15) is 69.5 Å². The maximum atomic E-state index is 4.73. The Hall–Kier alpha value is -0.830. The third-order valence-electron chi connectivity index (χ3n) is 4.54. The SMILES string of the molecule is c1cn(C2CCCC2)nc1CNC1CCCCC1. The number of nitrogens with zero attached hydrogens (tertiary/aromatic N) is 2.